The van der Waals surface area contributed by atoms with Crippen molar-refractivity contribution in [1.29, 1.82) is 0 Å². The lowest BCUT2D eigenvalue weighted by Crippen LogP contribution is -2.48. The lowest BCUT2D eigenvalue weighted by Gasteiger charge is -2.24. The Morgan fingerprint density at radius 1 is 1.14 bits per heavy atom. The second-order valence-electron chi connectivity index (χ2n) is 3.22. The molecule has 0 aromatic carbocycles. The van der Waals surface area contributed by atoms with Gasteiger partial charge in [0.05, 0.1) is 12.6 Å². The number of nitrogens with zero attached hydrogens (tertiary/aromatic N) is 1. The molecule has 0 aliphatic carbocycles. The summed E-state index contributed by atoms with van der Waals surface area (Å²) in [5.74, 6) is 0.0596. The van der Waals surface area contributed by atoms with Crippen LogP contribution in [0.3, 0.4) is 0 Å². The van der Waals surface area contributed by atoms with Gasteiger partial charge in [0, 0.05) is 6.54 Å². The van der Waals surface area contributed by atoms with Crippen LogP contribution in [0.2, 0.25) is 0 Å². The van der Waals surface area contributed by atoms with Gasteiger partial charge in [0.25, 0.3) is 0 Å². The summed E-state index contributed by atoms with van der Waals surface area (Å²) in [7, 11) is 0. The molecular formula is C7H15N3O4. The molecular weight excluding hydrogens is 190 g/mol. The maximum Gasteiger partial charge on any atom is 0.188 e. The van der Waals surface area contributed by atoms with Crippen molar-refractivity contribution in [3.05, 3.63) is 0 Å². The van der Waals surface area contributed by atoms with E-state index < -0.39 is 24.4 Å². The average Bonchev–Trinajstić information content (AvgIpc) is 2.21. The minimum atomic E-state index is -1.43. The van der Waals surface area contributed by atoms with Crippen LogP contribution in [0.5, 0.6) is 0 Å². The molecule has 0 aromatic rings. The summed E-state index contributed by atoms with van der Waals surface area (Å²) in [6.45, 7) is -0.149. The molecule has 14 heavy (non-hydrogen) atoms. The molecule has 1 heterocycles. The molecule has 82 valence electrons. The van der Waals surface area contributed by atoms with Crippen molar-refractivity contribution in [1.82, 2.24) is 5.32 Å². The number of aliphatic imine (C=N–C) groups is 1. The zero-order chi connectivity index (χ0) is 10.7. The molecule has 0 bridgehead atoms. The Morgan fingerprint density at radius 2 is 1.71 bits per heavy atom. The molecule has 7 nitrogen and oxygen atoms in total. The number of β-amino-alcohol motifs (C(OH)–C–C–N with tert-alkyl or cyclic N) is 1. The number of guanidine groups is 1. The van der Waals surface area contributed by atoms with E-state index in [-0.39, 0.29) is 19.0 Å². The number of aliphatic hydroxyl groups excluding tert-OH is 4. The van der Waals surface area contributed by atoms with Crippen molar-refractivity contribution in [2.45, 2.75) is 24.4 Å². The first kappa shape index (κ1) is 11.2. The van der Waals surface area contributed by atoms with Crippen LogP contribution in [0.15, 0.2) is 4.99 Å². The predicted octanol–water partition coefficient (Wildman–Crippen LogP) is -3.65. The van der Waals surface area contributed by atoms with Crippen LogP contribution in [-0.2, 0) is 0 Å². The fourth-order valence-corrected chi connectivity index (χ4v) is 1.14. The number of nitrogens with two attached hydrogens (primary N) is 1. The van der Waals surface area contributed by atoms with Crippen LogP contribution in [-0.4, -0.2) is 63.9 Å². The van der Waals surface area contributed by atoms with Gasteiger partial charge in [0.15, 0.2) is 5.96 Å². The highest BCUT2D eigenvalue weighted by Crippen LogP contribution is 2.06. The van der Waals surface area contributed by atoms with E-state index in [2.05, 4.69) is 10.3 Å². The van der Waals surface area contributed by atoms with Gasteiger partial charge in [0.2, 0.25) is 0 Å². The van der Waals surface area contributed by atoms with E-state index >= 15 is 0 Å². The number of hydrogen-bond acceptors (Lipinski definition) is 7. The Balaban J connectivity index is 2.73. The predicted molar refractivity (Wildman–Crippen MR) is 48.5 cm³/mol. The van der Waals surface area contributed by atoms with Crippen LogP contribution in [0.1, 0.15) is 0 Å². The van der Waals surface area contributed by atoms with Gasteiger partial charge < -0.3 is 31.5 Å². The second-order valence-corrected chi connectivity index (χ2v) is 3.22. The molecule has 7 N–H and O–H groups in total. The maximum absolute atomic E-state index is 9.34. The highest BCUT2D eigenvalue weighted by molar-refractivity contribution is 5.77. The summed E-state index contributed by atoms with van der Waals surface area (Å²) in [6, 6.07) is 0. The van der Waals surface area contributed by atoms with Crippen LogP contribution in [0, 0.1) is 0 Å². The quantitative estimate of drug-likeness (QED) is 0.242. The van der Waals surface area contributed by atoms with E-state index in [4.69, 9.17) is 5.73 Å². The largest absolute Gasteiger partial charge is 0.388 e. The minimum Gasteiger partial charge on any atom is -0.388 e. The molecule has 4 atom stereocenters. The van der Waals surface area contributed by atoms with Crippen LogP contribution in [0.25, 0.3) is 0 Å². The third-order valence-electron chi connectivity index (χ3n) is 2.08. The topological polar surface area (TPSA) is 131 Å². The Labute approximate surface area is 80.9 Å². The molecule has 0 saturated carbocycles. The van der Waals surface area contributed by atoms with Gasteiger partial charge in [-0.1, -0.05) is 0 Å². The van der Waals surface area contributed by atoms with Crippen molar-refractivity contribution < 1.29 is 20.4 Å². The SMILES string of the molecule is NC1=NC[C@@H](O)[C@@H](O)[C@H](O)[C@H](O)CN1. The summed E-state index contributed by atoms with van der Waals surface area (Å²) in [6.07, 6.45) is -5.29. The molecule has 1 rings (SSSR count). The molecule has 0 aromatic heterocycles. The molecule has 0 spiro atoms. The van der Waals surface area contributed by atoms with Crippen molar-refractivity contribution in [3.63, 3.8) is 0 Å². The van der Waals surface area contributed by atoms with E-state index in [1.807, 2.05) is 0 Å². The van der Waals surface area contributed by atoms with Crippen molar-refractivity contribution in [3.8, 4) is 0 Å². The number of hydrogen-bond donors (Lipinski definition) is 6. The highest BCUT2D eigenvalue weighted by Gasteiger charge is 2.31. The van der Waals surface area contributed by atoms with E-state index in [0.29, 0.717) is 0 Å². The van der Waals surface area contributed by atoms with Gasteiger partial charge in [0.1, 0.15) is 18.3 Å². The van der Waals surface area contributed by atoms with E-state index in [1.54, 1.807) is 0 Å². The van der Waals surface area contributed by atoms with E-state index in [1.165, 1.54) is 0 Å². The molecule has 0 unspecified atom stereocenters. The first-order valence-corrected chi connectivity index (χ1v) is 4.28. The summed E-state index contributed by atoms with van der Waals surface area (Å²) in [5.41, 5.74) is 5.34. The number of aliphatic hydroxyl groups is 4. The van der Waals surface area contributed by atoms with Gasteiger partial charge in [-0.05, 0) is 0 Å². The van der Waals surface area contributed by atoms with Gasteiger partial charge in [-0.15, -0.1) is 0 Å². The van der Waals surface area contributed by atoms with Crippen molar-refractivity contribution in [2.75, 3.05) is 13.1 Å². The Morgan fingerprint density at radius 3 is 2.36 bits per heavy atom. The third kappa shape index (κ3) is 2.55. The maximum atomic E-state index is 9.34. The van der Waals surface area contributed by atoms with Crippen LogP contribution < -0.4 is 11.1 Å². The molecule has 1 aliphatic heterocycles. The van der Waals surface area contributed by atoms with Crippen molar-refractivity contribution in [2.24, 2.45) is 10.7 Å². The minimum absolute atomic E-state index is 0.0275. The first-order valence-electron chi connectivity index (χ1n) is 4.28. The van der Waals surface area contributed by atoms with Gasteiger partial charge in [-0.3, -0.25) is 4.99 Å². The Hall–Kier alpha value is -0.890. The molecule has 0 saturated heterocycles. The first-order chi connectivity index (χ1) is 6.52. The van der Waals surface area contributed by atoms with Crippen LogP contribution in [0.4, 0.5) is 0 Å². The summed E-state index contributed by atoms with van der Waals surface area (Å²) in [5, 5.41) is 39.8. The standard InChI is InChI=1S/C7H15N3O4/c8-7-9-1-3(11)5(13)6(14)4(12)2-10-7/h3-6,11-14H,1-2H2,(H3,8,9,10)/t3-,4-,5-,6-/m1/s1. The van der Waals surface area contributed by atoms with Gasteiger partial charge in [-0.25, -0.2) is 0 Å². The smallest absolute Gasteiger partial charge is 0.188 e. The van der Waals surface area contributed by atoms with Crippen LogP contribution >= 0.6 is 0 Å². The van der Waals surface area contributed by atoms with Gasteiger partial charge >= 0.3 is 0 Å². The number of rotatable bonds is 0. The van der Waals surface area contributed by atoms with Gasteiger partial charge in [-0.2, -0.15) is 0 Å². The fourth-order valence-electron chi connectivity index (χ4n) is 1.14. The lowest BCUT2D eigenvalue weighted by atomic mass is 10.0. The zero-order valence-corrected chi connectivity index (χ0v) is 7.54. The average molecular weight is 205 g/mol. The monoisotopic (exact) mass is 205 g/mol. The molecule has 0 amide bonds. The summed E-state index contributed by atoms with van der Waals surface area (Å²) >= 11 is 0. The summed E-state index contributed by atoms with van der Waals surface area (Å²) < 4.78 is 0. The third-order valence-corrected chi connectivity index (χ3v) is 2.08. The zero-order valence-electron chi connectivity index (χ0n) is 7.54. The Kier molecular flexibility index (Phi) is 3.64. The molecule has 1 aliphatic rings. The lowest BCUT2D eigenvalue weighted by molar-refractivity contribution is -0.0990. The van der Waals surface area contributed by atoms with E-state index in [0.717, 1.165) is 0 Å². The van der Waals surface area contributed by atoms with Crippen molar-refractivity contribution >= 4 is 5.96 Å². The molecule has 7 heteroatoms. The molecule has 0 fully saturated rings. The fraction of sp³-hybridized carbons (Fsp3) is 0.857. The second kappa shape index (κ2) is 4.56. The summed E-state index contributed by atoms with van der Waals surface area (Å²) in [4.78, 5) is 3.70. The Bertz CT molecular complexity index is 223. The molecule has 0 radical (unpaired) electrons. The van der Waals surface area contributed by atoms with E-state index in [9.17, 15) is 20.4 Å². The highest BCUT2D eigenvalue weighted by atomic mass is 16.4. The number of nitrogens with one attached hydrogen (secondary N) is 1. The normalized spacial score (nSPS) is 40.1.